The predicted octanol–water partition coefficient (Wildman–Crippen LogP) is 2.12. The van der Waals surface area contributed by atoms with Gasteiger partial charge in [-0.3, -0.25) is 0 Å². The second kappa shape index (κ2) is 3.79. The van der Waals surface area contributed by atoms with Gasteiger partial charge in [0.05, 0.1) is 0 Å². The second-order valence-electron chi connectivity index (χ2n) is 2.84. The summed E-state index contributed by atoms with van der Waals surface area (Å²) >= 11 is 0. The molecule has 0 aliphatic rings. The zero-order valence-corrected chi connectivity index (χ0v) is 6.88. The molecule has 0 amide bonds. The van der Waals surface area contributed by atoms with Gasteiger partial charge in [-0.15, -0.1) is 0 Å². The van der Waals surface area contributed by atoms with Crippen molar-refractivity contribution in [2.75, 3.05) is 0 Å². The van der Waals surface area contributed by atoms with Gasteiger partial charge in [0.25, 0.3) is 0 Å². The molecule has 1 aromatic rings. The third-order valence-corrected chi connectivity index (χ3v) is 1.72. The van der Waals surface area contributed by atoms with E-state index in [-0.39, 0.29) is 6.42 Å². The van der Waals surface area contributed by atoms with Gasteiger partial charge in [-0.05, 0) is 12.0 Å². The molecule has 0 aliphatic carbocycles. The predicted molar refractivity (Wildman–Crippen MR) is 44.2 cm³/mol. The maximum absolute atomic E-state index is 12.0. The minimum atomic E-state index is -4.31. The highest BCUT2D eigenvalue weighted by Crippen LogP contribution is 2.21. The smallest absolute Gasteiger partial charge is 0.320 e. The second-order valence-corrected chi connectivity index (χ2v) is 2.84. The molecule has 0 spiro atoms. The van der Waals surface area contributed by atoms with Crippen molar-refractivity contribution in [2.45, 2.75) is 18.6 Å². The van der Waals surface area contributed by atoms with Crippen LogP contribution in [-0.4, -0.2) is 12.2 Å². The first-order valence-electron chi connectivity index (χ1n) is 3.86. The molecule has 0 aliphatic heterocycles. The maximum Gasteiger partial charge on any atom is 0.403 e. The lowest BCUT2D eigenvalue weighted by atomic mass is 10.1. The quantitative estimate of drug-likeness (QED) is 0.757. The highest BCUT2D eigenvalue weighted by atomic mass is 19.4. The Hall–Kier alpha value is -1.03. The summed E-state index contributed by atoms with van der Waals surface area (Å²) in [5.41, 5.74) is 5.56. The van der Waals surface area contributed by atoms with Crippen LogP contribution in [0.5, 0.6) is 0 Å². The van der Waals surface area contributed by atoms with E-state index in [0.29, 0.717) is 5.56 Å². The Labute approximate surface area is 74.4 Å². The van der Waals surface area contributed by atoms with Crippen LogP contribution < -0.4 is 5.73 Å². The number of nitrogens with two attached hydrogens (primary N) is 1. The summed E-state index contributed by atoms with van der Waals surface area (Å²) in [7, 11) is 0. The number of benzene rings is 1. The standard InChI is InChI=1S/C9H10F3N/c10-9(11,12)8(13)6-7-4-2-1-3-5-7/h1-5,8H,6,13H2/t8-/m1/s1. The number of rotatable bonds is 2. The van der Waals surface area contributed by atoms with E-state index in [1.54, 1.807) is 30.3 Å². The summed E-state index contributed by atoms with van der Waals surface area (Å²) in [5, 5.41) is 0. The highest BCUT2D eigenvalue weighted by Gasteiger charge is 2.36. The maximum atomic E-state index is 12.0. The Morgan fingerprint density at radius 1 is 1.15 bits per heavy atom. The monoisotopic (exact) mass is 189 g/mol. The van der Waals surface area contributed by atoms with E-state index in [4.69, 9.17) is 5.73 Å². The lowest BCUT2D eigenvalue weighted by molar-refractivity contribution is -0.147. The molecule has 0 saturated carbocycles. The highest BCUT2D eigenvalue weighted by molar-refractivity contribution is 5.16. The molecule has 1 nitrogen and oxygen atoms in total. The zero-order chi connectivity index (χ0) is 9.90. The van der Waals surface area contributed by atoms with Crippen LogP contribution in [0, 0.1) is 0 Å². The molecule has 0 bridgehead atoms. The molecule has 0 aromatic heterocycles. The normalized spacial score (nSPS) is 14.2. The third kappa shape index (κ3) is 3.06. The molecule has 13 heavy (non-hydrogen) atoms. The van der Waals surface area contributed by atoms with Gasteiger partial charge in [0, 0.05) is 0 Å². The van der Waals surface area contributed by atoms with Crippen molar-refractivity contribution in [3.8, 4) is 0 Å². The Balaban J connectivity index is 2.61. The van der Waals surface area contributed by atoms with Crippen LogP contribution in [-0.2, 0) is 6.42 Å². The minimum absolute atomic E-state index is 0.162. The van der Waals surface area contributed by atoms with Crippen molar-refractivity contribution in [1.82, 2.24) is 0 Å². The van der Waals surface area contributed by atoms with Crippen molar-refractivity contribution >= 4 is 0 Å². The number of hydrogen-bond acceptors (Lipinski definition) is 1. The molecule has 72 valence electrons. The van der Waals surface area contributed by atoms with Crippen LogP contribution >= 0.6 is 0 Å². The Morgan fingerprint density at radius 2 is 1.69 bits per heavy atom. The summed E-state index contributed by atoms with van der Waals surface area (Å²) in [6, 6.07) is 6.63. The van der Waals surface area contributed by atoms with Gasteiger partial charge in [0.15, 0.2) is 0 Å². The molecule has 1 rings (SSSR count). The average molecular weight is 189 g/mol. The van der Waals surface area contributed by atoms with Crippen molar-refractivity contribution in [2.24, 2.45) is 5.73 Å². The van der Waals surface area contributed by atoms with E-state index < -0.39 is 12.2 Å². The third-order valence-electron chi connectivity index (χ3n) is 1.72. The van der Waals surface area contributed by atoms with Crippen LogP contribution in [0.1, 0.15) is 5.56 Å². The fourth-order valence-corrected chi connectivity index (χ4v) is 0.984. The van der Waals surface area contributed by atoms with Gasteiger partial charge < -0.3 is 5.73 Å². The van der Waals surface area contributed by atoms with Crippen molar-refractivity contribution < 1.29 is 13.2 Å². The number of alkyl halides is 3. The van der Waals surface area contributed by atoms with Crippen molar-refractivity contribution in [3.63, 3.8) is 0 Å². The molecule has 0 fully saturated rings. The minimum Gasteiger partial charge on any atom is -0.320 e. The summed E-state index contributed by atoms with van der Waals surface area (Å²) in [6.07, 6.45) is -4.47. The fraction of sp³-hybridized carbons (Fsp3) is 0.333. The molecule has 0 unspecified atom stereocenters. The summed E-state index contributed by atoms with van der Waals surface area (Å²) < 4.78 is 36.0. The molecular formula is C9H10F3N. The molecule has 2 N–H and O–H groups in total. The Morgan fingerprint density at radius 3 is 2.15 bits per heavy atom. The molecular weight excluding hydrogens is 179 g/mol. The molecule has 0 radical (unpaired) electrons. The first-order valence-corrected chi connectivity index (χ1v) is 3.86. The lowest BCUT2D eigenvalue weighted by Gasteiger charge is -2.14. The van der Waals surface area contributed by atoms with E-state index in [2.05, 4.69) is 0 Å². The van der Waals surface area contributed by atoms with Crippen LogP contribution in [0.3, 0.4) is 0 Å². The van der Waals surface area contributed by atoms with Crippen LogP contribution in [0.2, 0.25) is 0 Å². The number of halogens is 3. The van der Waals surface area contributed by atoms with E-state index in [9.17, 15) is 13.2 Å². The Kier molecular flexibility index (Phi) is 2.93. The topological polar surface area (TPSA) is 26.0 Å². The van der Waals surface area contributed by atoms with Crippen LogP contribution in [0.4, 0.5) is 13.2 Å². The molecule has 4 heteroatoms. The summed E-state index contributed by atoms with van der Waals surface area (Å²) in [6.45, 7) is 0. The van der Waals surface area contributed by atoms with Gasteiger partial charge >= 0.3 is 6.18 Å². The van der Waals surface area contributed by atoms with Crippen LogP contribution in [0.25, 0.3) is 0 Å². The van der Waals surface area contributed by atoms with E-state index in [1.807, 2.05) is 0 Å². The molecule has 1 atom stereocenters. The zero-order valence-electron chi connectivity index (χ0n) is 6.88. The van der Waals surface area contributed by atoms with Gasteiger partial charge in [0.1, 0.15) is 6.04 Å². The SMILES string of the molecule is N[C@H](Cc1ccccc1)C(F)(F)F. The van der Waals surface area contributed by atoms with E-state index in [1.165, 1.54) is 0 Å². The first kappa shape index (κ1) is 10.1. The van der Waals surface area contributed by atoms with Gasteiger partial charge in [-0.25, -0.2) is 0 Å². The summed E-state index contributed by atoms with van der Waals surface area (Å²) in [5.74, 6) is 0. The average Bonchev–Trinajstić information content (AvgIpc) is 2.04. The van der Waals surface area contributed by atoms with Crippen molar-refractivity contribution in [1.29, 1.82) is 0 Å². The van der Waals surface area contributed by atoms with E-state index >= 15 is 0 Å². The van der Waals surface area contributed by atoms with Gasteiger partial charge in [-0.1, -0.05) is 30.3 Å². The number of hydrogen-bond donors (Lipinski definition) is 1. The fourth-order valence-electron chi connectivity index (χ4n) is 0.984. The molecule has 1 aromatic carbocycles. The molecule has 0 saturated heterocycles. The van der Waals surface area contributed by atoms with E-state index in [0.717, 1.165) is 0 Å². The van der Waals surface area contributed by atoms with Gasteiger partial charge in [0.2, 0.25) is 0 Å². The Bertz CT molecular complexity index is 255. The van der Waals surface area contributed by atoms with Crippen LogP contribution in [0.15, 0.2) is 30.3 Å². The molecule has 0 heterocycles. The largest absolute Gasteiger partial charge is 0.403 e. The lowest BCUT2D eigenvalue weighted by Crippen LogP contribution is -2.39. The summed E-state index contributed by atoms with van der Waals surface area (Å²) in [4.78, 5) is 0. The first-order chi connectivity index (χ1) is 6.00. The van der Waals surface area contributed by atoms with Crippen molar-refractivity contribution in [3.05, 3.63) is 35.9 Å². The van der Waals surface area contributed by atoms with Gasteiger partial charge in [-0.2, -0.15) is 13.2 Å².